The molecule has 3 nitrogen and oxygen atoms in total. The van der Waals surface area contributed by atoms with Crippen LogP contribution >= 0.6 is 15.9 Å². The van der Waals surface area contributed by atoms with Gasteiger partial charge in [0.25, 0.3) is 5.91 Å². The topological polar surface area (TPSA) is 38.3 Å². The lowest BCUT2D eigenvalue weighted by Gasteiger charge is -2.11. The molecule has 1 rings (SSSR count). The van der Waals surface area contributed by atoms with Gasteiger partial charge in [0.15, 0.2) is 0 Å². The van der Waals surface area contributed by atoms with Gasteiger partial charge < -0.3 is 10.1 Å². The molecule has 7 heteroatoms. The molecule has 0 aliphatic heterocycles. The minimum Gasteiger partial charge on any atom is -0.375 e. The van der Waals surface area contributed by atoms with E-state index in [4.69, 9.17) is 4.74 Å². The maximum absolute atomic E-state index is 12.6. The van der Waals surface area contributed by atoms with E-state index < -0.39 is 17.6 Å². The zero-order chi connectivity index (χ0) is 16.0. The molecule has 0 heterocycles. The Balaban J connectivity index is 2.63. The fraction of sp³-hybridized carbons (Fsp3) is 0.357. The molecule has 0 atom stereocenters. The summed E-state index contributed by atoms with van der Waals surface area (Å²) < 4.78 is 43.3. The van der Waals surface area contributed by atoms with Crippen LogP contribution in [0.15, 0.2) is 34.8 Å². The van der Waals surface area contributed by atoms with E-state index in [9.17, 15) is 18.0 Å². The molecule has 1 aromatic rings. The Labute approximate surface area is 129 Å². The number of hydrogen-bond donors (Lipinski definition) is 1. The van der Waals surface area contributed by atoms with Gasteiger partial charge in [-0.05, 0) is 41.1 Å². The molecule has 0 spiro atoms. The van der Waals surface area contributed by atoms with Crippen LogP contribution in [0.5, 0.6) is 0 Å². The number of halogens is 4. The molecular weight excluding hydrogens is 351 g/mol. The third-order valence-corrected chi connectivity index (χ3v) is 3.11. The van der Waals surface area contributed by atoms with Crippen molar-refractivity contribution in [2.24, 2.45) is 0 Å². The van der Waals surface area contributed by atoms with E-state index in [0.29, 0.717) is 11.1 Å². The van der Waals surface area contributed by atoms with E-state index in [1.165, 1.54) is 6.07 Å². The van der Waals surface area contributed by atoms with Crippen LogP contribution in [0.25, 0.3) is 0 Å². The Kier molecular flexibility index (Phi) is 6.42. The molecule has 21 heavy (non-hydrogen) atoms. The molecule has 0 bridgehead atoms. The average molecular weight is 366 g/mol. The third-order valence-electron chi connectivity index (χ3n) is 2.42. The van der Waals surface area contributed by atoms with Gasteiger partial charge in [0.05, 0.1) is 24.3 Å². The molecule has 1 aromatic carbocycles. The SMILES string of the molecule is C=C(C)COCCNC(=O)c1cc(C(F)(F)F)ccc1Br. The predicted octanol–water partition coefficient (Wildman–Crippen LogP) is 3.79. The zero-order valence-electron chi connectivity index (χ0n) is 11.4. The first kappa shape index (κ1) is 17.7. The molecule has 0 saturated carbocycles. The molecule has 0 fully saturated rings. The number of carbonyl (C=O) groups is 1. The third kappa shape index (κ3) is 5.89. The van der Waals surface area contributed by atoms with Gasteiger partial charge in [-0.1, -0.05) is 12.2 Å². The molecule has 0 aliphatic rings. The van der Waals surface area contributed by atoms with E-state index >= 15 is 0 Å². The highest BCUT2D eigenvalue weighted by atomic mass is 79.9. The highest BCUT2D eigenvalue weighted by Crippen LogP contribution is 2.31. The number of alkyl halides is 3. The Morgan fingerprint density at radius 2 is 2.10 bits per heavy atom. The highest BCUT2D eigenvalue weighted by Gasteiger charge is 2.31. The van der Waals surface area contributed by atoms with E-state index in [1.54, 1.807) is 6.92 Å². The molecule has 1 amide bonds. The van der Waals surface area contributed by atoms with Crippen molar-refractivity contribution >= 4 is 21.8 Å². The van der Waals surface area contributed by atoms with Crippen LogP contribution < -0.4 is 5.32 Å². The Morgan fingerprint density at radius 3 is 2.67 bits per heavy atom. The summed E-state index contributed by atoms with van der Waals surface area (Å²) in [7, 11) is 0. The van der Waals surface area contributed by atoms with Gasteiger partial charge in [-0.2, -0.15) is 13.2 Å². The van der Waals surface area contributed by atoms with Gasteiger partial charge in [-0.25, -0.2) is 0 Å². The van der Waals surface area contributed by atoms with Crippen LogP contribution in [0.1, 0.15) is 22.8 Å². The number of nitrogens with one attached hydrogen (secondary N) is 1. The smallest absolute Gasteiger partial charge is 0.375 e. The second-order valence-corrected chi connectivity index (χ2v) is 5.31. The van der Waals surface area contributed by atoms with Gasteiger partial charge in [0, 0.05) is 11.0 Å². The van der Waals surface area contributed by atoms with E-state index in [-0.39, 0.29) is 18.7 Å². The van der Waals surface area contributed by atoms with Crippen molar-refractivity contribution in [3.05, 3.63) is 46.0 Å². The number of carbonyl (C=O) groups excluding carboxylic acids is 1. The van der Waals surface area contributed by atoms with Crippen LogP contribution in [0.2, 0.25) is 0 Å². The first-order valence-corrected chi connectivity index (χ1v) is 6.88. The normalized spacial score (nSPS) is 11.3. The fourth-order valence-electron chi connectivity index (χ4n) is 1.45. The minimum absolute atomic E-state index is 0.0651. The van der Waals surface area contributed by atoms with Crippen molar-refractivity contribution in [1.29, 1.82) is 0 Å². The standard InChI is InChI=1S/C14H15BrF3NO2/c1-9(2)8-21-6-5-19-13(20)11-7-10(14(16,17)18)3-4-12(11)15/h3-4,7H,1,5-6,8H2,2H3,(H,19,20). The fourth-order valence-corrected chi connectivity index (χ4v) is 1.88. The number of ether oxygens (including phenoxy) is 1. The van der Waals surface area contributed by atoms with Crippen molar-refractivity contribution in [1.82, 2.24) is 5.32 Å². The lowest BCUT2D eigenvalue weighted by molar-refractivity contribution is -0.137. The average Bonchev–Trinajstić information content (AvgIpc) is 2.36. The van der Waals surface area contributed by atoms with Crippen molar-refractivity contribution in [2.75, 3.05) is 19.8 Å². The number of hydrogen-bond acceptors (Lipinski definition) is 2. The van der Waals surface area contributed by atoms with Gasteiger partial charge in [0.2, 0.25) is 0 Å². The van der Waals surface area contributed by atoms with Crippen LogP contribution in [-0.2, 0) is 10.9 Å². The summed E-state index contributed by atoms with van der Waals surface area (Å²) in [6, 6.07) is 2.93. The Morgan fingerprint density at radius 1 is 1.43 bits per heavy atom. The summed E-state index contributed by atoms with van der Waals surface area (Å²) in [5.41, 5.74) is -0.0824. The quantitative estimate of drug-likeness (QED) is 0.615. The van der Waals surface area contributed by atoms with Gasteiger partial charge in [-0.15, -0.1) is 0 Å². The van der Waals surface area contributed by atoms with Crippen molar-refractivity contribution in [3.63, 3.8) is 0 Å². The van der Waals surface area contributed by atoms with Crippen LogP contribution in [0.4, 0.5) is 13.2 Å². The zero-order valence-corrected chi connectivity index (χ0v) is 13.0. The number of amides is 1. The number of benzene rings is 1. The summed E-state index contributed by atoms with van der Waals surface area (Å²) in [6.07, 6.45) is -4.49. The molecule has 0 radical (unpaired) electrons. The molecule has 0 unspecified atom stereocenters. The summed E-state index contributed by atoms with van der Waals surface area (Å²) >= 11 is 3.07. The Bertz CT molecular complexity index is 529. The maximum Gasteiger partial charge on any atom is 0.416 e. The number of rotatable bonds is 6. The van der Waals surface area contributed by atoms with Crippen molar-refractivity contribution in [2.45, 2.75) is 13.1 Å². The second kappa shape index (κ2) is 7.61. The van der Waals surface area contributed by atoms with Gasteiger partial charge in [0.1, 0.15) is 0 Å². The van der Waals surface area contributed by atoms with Crippen molar-refractivity contribution in [3.8, 4) is 0 Å². The molecule has 0 saturated heterocycles. The summed E-state index contributed by atoms with van der Waals surface area (Å²) in [5.74, 6) is -0.591. The van der Waals surface area contributed by atoms with Gasteiger partial charge >= 0.3 is 6.18 Å². The molecule has 0 aromatic heterocycles. The molecular formula is C14H15BrF3NO2. The first-order valence-electron chi connectivity index (χ1n) is 6.09. The largest absolute Gasteiger partial charge is 0.416 e. The maximum atomic E-state index is 12.6. The lowest BCUT2D eigenvalue weighted by atomic mass is 10.1. The minimum atomic E-state index is -4.49. The van der Waals surface area contributed by atoms with E-state index in [0.717, 1.165) is 17.7 Å². The van der Waals surface area contributed by atoms with Crippen molar-refractivity contribution < 1.29 is 22.7 Å². The monoisotopic (exact) mass is 365 g/mol. The van der Waals surface area contributed by atoms with Crippen LogP contribution in [0, 0.1) is 0 Å². The molecule has 116 valence electrons. The second-order valence-electron chi connectivity index (χ2n) is 4.46. The summed E-state index contributed by atoms with van der Waals surface area (Å²) in [4.78, 5) is 11.9. The Hall–Kier alpha value is -1.34. The highest BCUT2D eigenvalue weighted by molar-refractivity contribution is 9.10. The summed E-state index contributed by atoms with van der Waals surface area (Å²) in [6.45, 7) is 6.30. The van der Waals surface area contributed by atoms with E-state index in [2.05, 4.69) is 27.8 Å². The first-order chi connectivity index (χ1) is 9.71. The summed E-state index contributed by atoms with van der Waals surface area (Å²) in [5, 5.41) is 2.50. The lowest BCUT2D eigenvalue weighted by Crippen LogP contribution is -2.28. The molecule has 0 aliphatic carbocycles. The molecule has 1 N–H and O–H groups in total. The predicted molar refractivity (Wildman–Crippen MR) is 77.1 cm³/mol. The van der Waals surface area contributed by atoms with E-state index in [1.807, 2.05) is 0 Å². The van der Waals surface area contributed by atoms with Crippen LogP contribution in [0.3, 0.4) is 0 Å². The van der Waals surface area contributed by atoms with Crippen LogP contribution in [-0.4, -0.2) is 25.7 Å². The van der Waals surface area contributed by atoms with Gasteiger partial charge in [-0.3, -0.25) is 4.79 Å².